The van der Waals surface area contributed by atoms with Crippen molar-refractivity contribution in [1.29, 1.82) is 0 Å². The van der Waals surface area contributed by atoms with Crippen molar-refractivity contribution in [2.75, 3.05) is 11.9 Å². The molecule has 1 aliphatic heterocycles. The highest BCUT2D eigenvalue weighted by atomic mass is 35.5. The van der Waals surface area contributed by atoms with Gasteiger partial charge in [0, 0.05) is 11.1 Å². The van der Waals surface area contributed by atoms with Gasteiger partial charge in [0.1, 0.15) is 12.4 Å². The van der Waals surface area contributed by atoms with Crippen LogP contribution in [0, 0.1) is 5.92 Å². The van der Waals surface area contributed by atoms with Crippen molar-refractivity contribution >= 4 is 29.1 Å². The van der Waals surface area contributed by atoms with E-state index in [0.717, 1.165) is 24.2 Å². The standard InChI is InChI=1S/C20H19ClN2O3/c21-14-5-8-18-12(10-14)9-13(11-26-18)19(24)23-17-4-2-1-3-16(17)20(25)22-15-6-7-15/h1-5,8,10,13,15H,6-7,9,11H2,(H,22,25)(H,23,24)/t13-/m0/s1. The minimum atomic E-state index is -0.333. The van der Waals surface area contributed by atoms with Gasteiger partial charge in [-0.2, -0.15) is 0 Å². The largest absolute Gasteiger partial charge is 0.492 e. The Morgan fingerprint density at radius 1 is 1.12 bits per heavy atom. The third-order valence-electron chi connectivity index (χ3n) is 4.64. The highest BCUT2D eigenvalue weighted by Crippen LogP contribution is 2.30. The molecular weight excluding hydrogens is 352 g/mol. The molecule has 0 unspecified atom stereocenters. The Hall–Kier alpha value is -2.53. The van der Waals surface area contributed by atoms with Crippen molar-refractivity contribution in [2.45, 2.75) is 25.3 Å². The van der Waals surface area contributed by atoms with Crippen LogP contribution in [0.4, 0.5) is 5.69 Å². The number of hydrogen-bond acceptors (Lipinski definition) is 3. The number of carbonyl (C=O) groups is 2. The number of halogens is 1. The fraction of sp³-hybridized carbons (Fsp3) is 0.300. The van der Waals surface area contributed by atoms with Crippen molar-refractivity contribution in [3.63, 3.8) is 0 Å². The molecule has 2 amide bonds. The summed E-state index contributed by atoms with van der Waals surface area (Å²) in [6, 6.07) is 12.7. The van der Waals surface area contributed by atoms with E-state index >= 15 is 0 Å². The van der Waals surface area contributed by atoms with Crippen LogP contribution < -0.4 is 15.4 Å². The van der Waals surface area contributed by atoms with Crippen molar-refractivity contribution in [2.24, 2.45) is 5.92 Å². The second-order valence-corrected chi connectivity index (χ2v) is 7.18. The zero-order valence-electron chi connectivity index (χ0n) is 14.1. The molecule has 0 aromatic heterocycles. The number of carbonyl (C=O) groups excluding carboxylic acids is 2. The van der Waals surface area contributed by atoms with Gasteiger partial charge in [-0.15, -0.1) is 0 Å². The molecule has 6 heteroatoms. The van der Waals surface area contributed by atoms with E-state index in [-0.39, 0.29) is 23.8 Å². The molecule has 2 aliphatic rings. The number of amides is 2. The van der Waals surface area contributed by atoms with Gasteiger partial charge in [0.15, 0.2) is 0 Å². The molecule has 1 saturated carbocycles. The summed E-state index contributed by atoms with van der Waals surface area (Å²) in [4.78, 5) is 25.1. The number of anilines is 1. The SMILES string of the molecule is O=C(NC1CC1)c1ccccc1NC(=O)[C@@H]1COc2ccc(Cl)cc2C1. The summed E-state index contributed by atoms with van der Waals surface area (Å²) in [7, 11) is 0. The zero-order chi connectivity index (χ0) is 18.1. The van der Waals surface area contributed by atoms with Crippen molar-refractivity contribution in [3.8, 4) is 5.75 Å². The molecule has 134 valence electrons. The van der Waals surface area contributed by atoms with Gasteiger partial charge >= 0.3 is 0 Å². The number of rotatable bonds is 4. The first-order valence-electron chi connectivity index (χ1n) is 8.72. The van der Waals surface area contributed by atoms with Gasteiger partial charge in [-0.25, -0.2) is 0 Å². The lowest BCUT2D eigenvalue weighted by Crippen LogP contribution is -2.33. The first-order valence-corrected chi connectivity index (χ1v) is 9.10. The highest BCUT2D eigenvalue weighted by molar-refractivity contribution is 6.30. The molecule has 2 N–H and O–H groups in total. The van der Waals surface area contributed by atoms with E-state index in [0.29, 0.717) is 29.3 Å². The van der Waals surface area contributed by atoms with Crippen LogP contribution >= 0.6 is 11.6 Å². The minimum Gasteiger partial charge on any atom is -0.492 e. The van der Waals surface area contributed by atoms with E-state index in [2.05, 4.69) is 10.6 Å². The summed E-state index contributed by atoms with van der Waals surface area (Å²) in [5.41, 5.74) is 1.92. The minimum absolute atomic E-state index is 0.152. The molecule has 0 saturated heterocycles. The maximum Gasteiger partial charge on any atom is 0.253 e. The quantitative estimate of drug-likeness (QED) is 0.866. The Balaban J connectivity index is 1.47. The molecule has 1 fully saturated rings. The van der Waals surface area contributed by atoms with Crippen molar-refractivity contribution in [3.05, 3.63) is 58.6 Å². The van der Waals surface area contributed by atoms with Crippen LogP contribution in [0.3, 0.4) is 0 Å². The first-order chi connectivity index (χ1) is 12.6. The lowest BCUT2D eigenvalue weighted by molar-refractivity contribution is -0.121. The van der Waals surface area contributed by atoms with Gasteiger partial charge in [-0.05, 0) is 55.2 Å². The van der Waals surface area contributed by atoms with Crippen molar-refractivity contribution < 1.29 is 14.3 Å². The molecule has 1 atom stereocenters. The van der Waals surface area contributed by atoms with E-state index in [4.69, 9.17) is 16.3 Å². The fourth-order valence-corrected chi connectivity index (χ4v) is 3.24. The molecular formula is C20H19ClN2O3. The van der Waals surface area contributed by atoms with E-state index in [1.54, 1.807) is 30.3 Å². The Morgan fingerprint density at radius 3 is 2.73 bits per heavy atom. The Kier molecular flexibility index (Phi) is 4.55. The average molecular weight is 371 g/mol. The zero-order valence-corrected chi connectivity index (χ0v) is 14.9. The molecule has 2 aromatic rings. The third-order valence-corrected chi connectivity index (χ3v) is 4.88. The predicted octanol–water partition coefficient (Wildman–Crippen LogP) is 3.42. The molecule has 5 nitrogen and oxygen atoms in total. The van der Waals surface area contributed by atoms with Crippen molar-refractivity contribution in [1.82, 2.24) is 5.32 Å². The van der Waals surface area contributed by atoms with Crippen LogP contribution in [-0.2, 0) is 11.2 Å². The van der Waals surface area contributed by atoms with Gasteiger partial charge in [0.05, 0.1) is 17.2 Å². The monoisotopic (exact) mass is 370 g/mol. The molecule has 0 bridgehead atoms. The molecule has 26 heavy (non-hydrogen) atoms. The Morgan fingerprint density at radius 2 is 1.92 bits per heavy atom. The number of hydrogen-bond donors (Lipinski definition) is 2. The third kappa shape index (κ3) is 3.68. The summed E-state index contributed by atoms with van der Waals surface area (Å²) in [5.74, 6) is 0.117. The second-order valence-electron chi connectivity index (χ2n) is 6.75. The Bertz CT molecular complexity index is 864. The maximum atomic E-state index is 12.7. The smallest absolute Gasteiger partial charge is 0.253 e. The Labute approximate surface area is 156 Å². The number of para-hydroxylation sites is 1. The van der Waals surface area contributed by atoms with Crippen LogP contribution in [0.1, 0.15) is 28.8 Å². The average Bonchev–Trinajstić information content (AvgIpc) is 3.45. The van der Waals surface area contributed by atoms with Crippen LogP contribution in [0.2, 0.25) is 5.02 Å². The molecule has 1 heterocycles. The predicted molar refractivity (Wildman–Crippen MR) is 99.7 cm³/mol. The van der Waals surface area contributed by atoms with Gasteiger partial charge in [-0.3, -0.25) is 9.59 Å². The maximum absolute atomic E-state index is 12.7. The van der Waals surface area contributed by atoms with Gasteiger partial charge < -0.3 is 15.4 Å². The number of ether oxygens (including phenoxy) is 1. The van der Waals surface area contributed by atoms with E-state index in [9.17, 15) is 9.59 Å². The first kappa shape index (κ1) is 16.9. The van der Waals surface area contributed by atoms with Crippen LogP contribution in [0.15, 0.2) is 42.5 Å². The normalized spacial score (nSPS) is 18.4. The highest BCUT2D eigenvalue weighted by Gasteiger charge is 2.28. The van der Waals surface area contributed by atoms with Crippen LogP contribution in [0.5, 0.6) is 5.75 Å². The number of fused-ring (bicyclic) bond motifs is 1. The summed E-state index contributed by atoms with van der Waals surface area (Å²) in [6.45, 7) is 0.302. The number of nitrogens with one attached hydrogen (secondary N) is 2. The molecule has 4 rings (SSSR count). The lowest BCUT2D eigenvalue weighted by atomic mass is 9.96. The van der Waals surface area contributed by atoms with Crippen LogP contribution in [-0.4, -0.2) is 24.5 Å². The summed E-state index contributed by atoms with van der Waals surface area (Å²) in [6.07, 6.45) is 2.58. The summed E-state index contributed by atoms with van der Waals surface area (Å²) < 4.78 is 5.69. The molecule has 2 aromatic carbocycles. The van der Waals surface area contributed by atoms with Gasteiger partial charge in [0.25, 0.3) is 5.91 Å². The topological polar surface area (TPSA) is 67.4 Å². The summed E-state index contributed by atoms with van der Waals surface area (Å²) >= 11 is 6.04. The molecule has 0 radical (unpaired) electrons. The molecule has 1 aliphatic carbocycles. The van der Waals surface area contributed by atoms with Crippen LogP contribution in [0.25, 0.3) is 0 Å². The van der Waals surface area contributed by atoms with E-state index in [1.807, 2.05) is 12.1 Å². The fourth-order valence-electron chi connectivity index (χ4n) is 3.05. The number of benzene rings is 2. The van der Waals surface area contributed by atoms with Gasteiger partial charge in [-0.1, -0.05) is 23.7 Å². The second kappa shape index (κ2) is 7.00. The van der Waals surface area contributed by atoms with E-state index in [1.165, 1.54) is 0 Å². The summed E-state index contributed by atoms with van der Waals surface area (Å²) in [5, 5.41) is 6.46. The molecule has 0 spiro atoms. The van der Waals surface area contributed by atoms with E-state index < -0.39 is 0 Å². The van der Waals surface area contributed by atoms with Gasteiger partial charge in [0.2, 0.25) is 5.91 Å². The lowest BCUT2D eigenvalue weighted by Gasteiger charge is -2.25.